The van der Waals surface area contributed by atoms with Crippen molar-refractivity contribution >= 4 is 17.9 Å². The van der Waals surface area contributed by atoms with Crippen LogP contribution >= 0.6 is 0 Å². The lowest BCUT2D eigenvalue weighted by Gasteiger charge is -2.32. The molecule has 1 unspecified atom stereocenters. The second kappa shape index (κ2) is 6.01. The number of amides is 3. The van der Waals surface area contributed by atoms with E-state index in [9.17, 15) is 14.4 Å². The summed E-state index contributed by atoms with van der Waals surface area (Å²) in [6.45, 7) is 5.95. The van der Waals surface area contributed by atoms with E-state index in [-0.39, 0.29) is 24.3 Å². The molecule has 7 nitrogen and oxygen atoms in total. The number of carboxylic acids is 1. The fourth-order valence-corrected chi connectivity index (χ4v) is 3.03. The molecule has 0 spiro atoms. The van der Waals surface area contributed by atoms with Crippen molar-refractivity contribution in [3.05, 3.63) is 0 Å². The number of piperidine rings is 1. The smallest absolute Gasteiger partial charge is 0.325 e. The molecule has 7 heteroatoms. The van der Waals surface area contributed by atoms with Gasteiger partial charge in [0.2, 0.25) is 0 Å². The normalized spacial score (nSPS) is 26.0. The molecule has 2 heterocycles. The number of carboxylic acid groups (broad SMARTS) is 1. The summed E-state index contributed by atoms with van der Waals surface area (Å²) in [5, 5.41) is 11.5. The first-order valence-electron chi connectivity index (χ1n) is 7.38. The van der Waals surface area contributed by atoms with Crippen molar-refractivity contribution in [2.75, 3.05) is 26.2 Å². The highest BCUT2D eigenvalue weighted by Crippen LogP contribution is 2.20. The van der Waals surface area contributed by atoms with Crippen LogP contribution in [0.1, 0.15) is 33.1 Å². The maximum atomic E-state index is 12.1. The first-order valence-corrected chi connectivity index (χ1v) is 7.38. The Hall–Kier alpha value is -1.63. The molecule has 2 saturated heterocycles. The molecule has 0 saturated carbocycles. The Morgan fingerprint density at radius 3 is 2.67 bits per heavy atom. The summed E-state index contributed by atoms with van der Waals surface area (Å²) in [4.78, 5) is 38.0. The molecule has 21 heavy (non-hydrogen) atoms. The largest absolute Gasteiger partial charge is 0.481 e. The average molecular weight is 297 g/mol. The summed E-state index contributed by atoms with van der Waals surface area (Å²) in [6, 6.07) is -0.343. The van der Waals surface area contributed by atoms with Crippen LogP contribution in [0.25, 0.3) is 0 Å². The fraction of sp³-hybridized carbons (Fsp3) is 0.786. The van der Waals surface area contributed by atoms with E-state index in [2.05, 4.69) is 10.2 Å². The van der Waals surface area contributed by atoms with Crippen LogP contribution < -0.4 is 5.32 Å². The second-order valence-electron chi connectivity index (χ2n) is 6.42. The summed E-state index contributed by atoms with van der Waals surface area (Å²) >= 11 is 0. The Balaban J connectivity index is 1.84. The number of hydrogen-bond acceptors (Lipinski definition) is 4. The highest BCUT2D eigenvalue weighted by Gasteiger charge is 2.44. The lowest BCUT2D eigenvalue weighted by atomic mass is 9.95. The highest BCUT2D eigenvalue weighted by molar-refractivity contribution is 6.06. The van der Waals surface area contributed by atoms with Gasteiger partial charge in [0.05, 0.1) is 0 Å². The number of likely N-dealkylation sites (tertiary alicyclic amines) is 1. The van der Waals surface area contributed by atoms with Gasteiger partial charge in [0.15, 0.2) is 0 Å². The van der Waals surface area contributed by atoms with Crippen molar-refractivity contribution in [2.24, 2.45) is 5.92 Å². The fourth-order valence-electron chi connectivity index (χ4n) is 3.03. The molecule has 1 atom stereocenters. The van der Waals surface area contributed by atoms with Gasteiger partial charge in [0.1, 0.15) is 5.54 Å². The number of carbonyl (C=O) groups is 3. The van der Waals surface area contributed by atoms with Gasteiger partial charge in [-0.05, 0) is 39.2 Å². The van der Waals surface area contributed by atoms with Gasteiger partial charge in [-0.3, -0.25) is 14.5 Å². The Labute approximate surface area is 124 Å². The van der Waals surface area contributed by atoms with Gasteiger partial charge in [-0.25, -0.2) is 4.79 Å². The summed E-state index contributed by atoms with van der Waals surface area (Å²) in [7, 11) is 0. The van der Waals surface area contributed by atoms with Crippen molar-refractivity contribution in [1.29, 1.82) is 0 Å². The van der Waals surface area contributed by atoms with E-state index in [0.717, 1.165) is 25.9 Å². The molecule has 2 aliphatic rings. The molecule has 118 valence electrons. The molecule has 2 aliphatic heterocycles. The van der Waals surface area contributed by atoms with Crippen molar-refractivity contribution in [1.82, 2.24) is 15.1 Å². The Bertz CT molecular complexity index is 450. The average Bonchev–Trinajstić information content (AvgIpc) is 2.56. The topological polar surface area (TPSA) is 90.0 Å². The Morgan fingerprint density at radius 2 is 2.10 bits per heavy atom. The van der Waals surface area contributed by atoms with Crippen molar-refractivity contribution in [3.63, 3.8) is 0 Å². The third-order valence-corrected chi connectivity index (χ3v) is 4.15. The Morgan fingerprint density at radius 1 is 1.38 bits per heavy atom. The number of carbonyl (C=O) groups excluding carboxylic acids is 2. The molecule has 0 aromatic rings. The van der Waals surface area contributed by atoms with E-state index >= 15 is 0 Å². The molecule has 3 amide bonds. The summed E-state index contributed by atoms with van der Waals surface area (Å²) in [5.74, 6) is -0.805. The van der Waals surface area contributed by atoms with E-state index in [1.165, 1.54) is 4.90 Å². The molecule has 2 N–H and O–H groups in total. The van der Waals surface area contributed by atoms with Crippen molar-refractivity contribution < 1.29 is 19.5 Å². The quantitative estimate of drug-likeness (QED) is 0.721. The number of urea groups is 1. The minimum Gasteiger partial charge on any atom is -0.481 e. The zero-order valence-corrected chi connectivity index (χ0v) is 12.6. The van der Waals surface area contributed by atoms with Crippen LogP contribution in [0, 0.1) is 5.92 Å². The predicted molar refractivity (Wildman–Crippen MR) is 75.7 cm³/mol. The van der Waals surface area contributed by atoms with Gasteiger partial charge in [-0.15, -0.1) is 0 Å². The van der Waals surface area contributed by atoms with E-state index in [1.54, 1.807) is 13.8 Å². The predicted octanol–water partition coefficient (Wildman–Crippen LogP) is 0.503. The summed E-state index contributed by atoms with van der Waals surface area (Å²) in [5.41, 5.74) is -0.829. The van der Waals surface area contributed by atoms with Gasteiger partial charge >= 0.3 is 12.0 Å². The summed E-state index contributed by atoms with van der Waals surface area (Å²) < 4.78 is 0. The molecule has 0 aromatic carbocycles. The van der Waals surface area contributed by atoms with Crippen LogP contribution in [0.2, 0.25) is 0 Å². The monoisotopic (exact) mass is 297 g/mol. The lowest BCUT2D eigenvalue weighted by Crippen LogP contribution is -2.44. The molecule has 0 aromatic heterocycles. The number of nitrogens with one attached hydrogen (secondary N) is 1. The number of rotatable bonds is 5. The van der Waals surface area contributed by atoms with Crippen LogP contribution in [0.3, 0.4) is 0 Å². The number of nitrogens with zero attached hydrogens (tertiary/aromatic N) is 2. The molecule has 0 bridgehead atoms. The number of hydrogen-bond donors (Lipinski definition) is 2. The molecular weight excluding hydrogens is 274 g/mol. The van der Waals surface area contributed by atoms with E-state index < -0.39 is 11.5 Å². The van der Waals surface area contributed by atoms with Gasteiger partial charge in [-0.1, -0.05) is 0 Å². The van der Waals surface area contributed by atoms with E-state index in [4.69, 9.17) is 5.11 Å². The number of aliphatic carboxylic acids is 1. The van der Waals surface area contributed by atoms with Crippen LogP contribution in [0.5, 0.6) is 0 Å². The summed E-state index contributed by atoms with van der Waals surface area (Å²) in [6.07, 6.45) is 2.08. The van der Waals surface area contributed by atoms with Crippen LogP contribution in [0.15, 0.2) is 0 Å². The first kappa shape index (κ1) is 15.8. The standard InChI is InChI=1S/C14H23N3O4/c1-14(2)12(20)17(13(21)15-14)7-6-16-5-3-4-10(9-16)8-11(18)19/h10H,3-9H2,1-2H3,(H,15,21)(H,18,19). The van der Waals surface area contributed by atoms with Gasteiger partial charge in [0.25, 0.3) is 5.91 Å². The van der Waals surface area contributed by atoms with Gasteiger partial charge < -0.3 is 15.3 Å². The lowest BCUT2D eigenvalue weighted by molar-refractivity contribution is -0.138. The molecule has 2 fully saturated rings. The maximum Gasteiger partial charge on any atom is 0.325 e. The molecule has 2 rings (SSSR count). The number of imide groups is 1. The molecule has 0 aliphatic carbocycles. The minimum atomic E-state index is -0.829. The Kier molecular flexibility index (Phi) is 4.51. The molecular formula is C14H23N3O4. The van der Waals surface area contributed by atoms with Crippen LogP contribution in [-0.2, 0) is 9.59 Å². The minimum absolute atomic E-state index is 0.163. The van der Waals surface area contributed by atoms with E-state index in [1.807, 2.05) is 0 Å². The third kappa shape index (κ3) is 3.72. The van der Waals surface area contributed by atoms with Gasteiger partial charge in [0, 0.05) is 26.1 Å². The van der Waals surface area contributed by atoms with Crippen LogP contribution in [0.4, 0.5) is 4.79 Å². The molecule has 0 radical (unpaired) electrons. The second-order valence-corrected chi connectivity index (χ2v) is 6.42. The SMILES string of the molecule is CC1(C)NC(=O)N(CCN2CCCC(CC(=O)O)C2)C1=O. The van der Waals surface area contributed by atoms with E-state index in [0.29, 0.717) is 13.1 Å². The van der Waals surface area contributed by atoms with Crippen molar-refractivity contribution in [2.45, 2.75) is 38.6 Å². The third-order valence-electron chi connectivity index (χ3n) is 4.15. The first-order chi connectivity index (χ1) is 9.79. The zero-order valence-electron chi connectivity index (χ0n) is 12.6. The van der Waals surface area contributed by atoms with Crippen molar-refractivity contribution in [3.8, 4) is 0 Å². The zero-order chi connectivity index (χ0) is 15.6. The highest BCUT2D eigenvalue weighted by atomic mass is 16.4. The maximum absolute atomic E-state index is 12.1. The van der Waals surface area contributed by atoms with Gasteiger partial charge in [-0.2, -0.15) is 0 Å². The van der Waals surface area contributed by atoms with Crippen LogP contribution in [-0.4, -0.2) is 64.5 Å².